The van der Waals surface area contributed by atoms with Crippen molar-refractivity contribution < 1.29 is 14.0 Å². The fourth-order valence-corrected chi connectivity index (χ4v) is 3.33. The Morgan fingerprint density at radius 3 is 2.22 bits per heavy atom. The molecule has 0 saturated carbocycles. The van der Waals surface area contributed by atoms with E-state index in [0.717, 1.165) is 12.0 Å². The number of hydrogen-bond donors (Lipinski definition) is 0. The minimum Gasteiger partial charge on any atom is -0.339 e. The Morgan fingerprint density at radius 2 is 1.59 bits per heavy atom. The molecule has 2 aromatic rings. The molecule has 27 heavy (non-hydrogen) atoms. The van der Waals surface area contributed by atoms with Gasteiger partial charge in [0.15, 0.2) is 0 Å². The fourth-order valence-electron chi connectivity index (χ4n) is 3.33. The summed E-state index contributed by atoms with van der Waals surface area (Å²) in [7, 11) is 0. The summed E-state index contributed by atoms with van der Waals surface area (Å²) < 4.78 is 13.2. The van der Waals surface area contributed by atoms with Gasteiger partial charge in [0.25, 0.3) is 5.91 Å². The van der Waals surface area contributed by atoms with Gasteiger partial charge in [-0.15, -0.1) is 0 Å². The van der Waals surface area contributed by atoms with Crippen LogP contribution >= 0.6 is 0 Å². The molecule has 5 heteroatoms. The lowest BCUT2D eigenvalue weighted by Gasteiger charge is -2.35. The van der Waals surface area contributed by atoms with Crippen LogP contribution in [0.1, 0.15) is 34.8 Å². The van der Waals surface area contributed by atoms with Gasteiger partial charge in [0.2, 0.25) is 5.91 Å². The summed E-state index contributed by atoms with van der Waals surface area (Å²) >= 11 is 0. The second kappa shape index (κ2) is 8.80. The highest BCUT2D eigenvalue weighted by Gasteiger charge is 2.24. The van der Waals surface area contributed by atoms with Gasteiger partial charge >= 0.3 is 0 Å². The minimum absolute atomic E-state index is 0.0181. The summed E-state index contributed by atoms with van der Waals surface area (Å²) in [5.74, 6) is -0.206. The lowest BCUT2D eigenvalue weighted by Crippen LogP contribution is -2.50. The zero-order valence-electron chi connectivity index (χ0n) is 15.7. The molecular weight excluding hydrogens is 343 g/mol. The van der Waals surface area contributed by atoms with Crippen LogP contribution in [0.2, 0.25) is 0 Å². The van der Waals surface area contributed by atoms with Gasteiger partial charge in [-0.05, 0) is 48.2 Å². The van der Waals surface area contributed by atoms with Crippen molar-refractivity contribution >= 4 is 11.8 Å². The maximum absolute atomic E-state index is 13.2. The number of carbonyl (C=O) groups is 2. The summed E-state index contributed by atoms with van der Waals surface area (Å²) in [6.07, 6.45) is 1.83. The third-order valence-electron chi connectivity index (χ3n) is 5.05. The Morgan fingerprint density at radius 1 is 0.926 bits per heavy atom. The molecule has 1 aliphatic rings. The van der Waals surface area contributed by atoms with Gasteiger partial charge in [-0.1, -0.05) is 31.2 Å². The second-order valence-electron chi connectivity index (χ2n) is 6.85. The van der Waals surface area contributed by atoms with Crippen molar-refractivity contribution in [3.8, 4) is 0 Å². The Balaban J connectivity index is 1.48. The van der Waals surface area contributed by atoms with Crippen LogP contribution in [0.4, 0.5) is 4.39 Å². The summed E-state index contributed by atoms with van der Waals surface area (Å²) in [5.41, 5.74) is 2.73. The van der Waals surface area contributed by atoms with Crippen LogP contribution in [0.3, 0.4) is 0 Å². The molecule has 1 saturated heterocycles. The third-order valence-corrected chi connectivity index (χ3v) is 5.05. The van der Waals surface area contributed by atoms with Crippen LogP contribution in [0, 0.1) is 5.82 Å². The summed E-state index contributed by atoms with van der Waals surface area (Å²) in [5, 5.41) is 0. The number of carbonyl (C=O) groups excluding carboxylic acids is 2. The molecule has 1 fully saturated rings. The number of halogens is 1. The van der Waals surface area contributed by atoms with Gasteiger partial charge < -0.3 is 9.80 Å². The van der Waals surface area contributed by atoms with Gasteiger partial charge in [-0.25, -0.2) is 4.39 Å². The van der Waals surface area contributed by atoms with E-state index in [4.69, 9.17) is 0 Å². The van der Waals surface area contributed by atoms with Gasteiger partial charge in [0.1, 0.15) is 5.82 Å². The average molecular weight is 368 g/mol. The Hall–Kier alpha value is -2.69. The number of hydrogen-bond acceptors (Lipinski definition) is 2. The molecule has 0 radical (unpaired) electrons. The fraction of sp³-hybridized carbons (Fsp3) is 0.364. The van der Waals surface area contributed by atoms with Gasteiger partial charge in [-0.2, -0.15) is 0 Å². The zero-order valence-corrected chi connectivity index (χ0v) is 15.7. The molecule has 0 spiro atoms. The van der Waals surface area contributed by atoms with E-state index in [2.05, 4.69) is 6.92 Å². The smallest absolute Gasteiger partial charge is 0.253 e. The van der Waals surface area contributed by atoms with Crippen molar-refractivity contribution in [2.24, 2.45) is 0 Å². The Bertz CT molecular complexity index is 796. The average Bonchev–Trinajstić information content (AvgIpc) is 2.72. The monoisotopic (exact) mass is 368 g/mol. The lowest BCUT2D eigenvalue weighted by molar-refractivity contribution is -0.132. The third kappa shape index (κ3) is 4.94. The number of piperazine rings is 1. The van der Waals surface area contributed by atoms with E-state index in [1.54, 1.807) is 15.9 Å². The van der Waals surface area contributed by atoms with Crippen LogP contribution in [0.15, 0.2) is 48.5 Å². The second-order valence-corrected chi connectivity index (χ2v) is 6.85. The van der Waals surface area contributed by atoms with Crippen molar-refractivity contribution in [2.75, 3.05) is 26.2 Å². The highest BCUT2D eigenvalue weighted by molar-refractivity contribution is 5.94. The van der Waals surface area contributed by atoms with Crippen LogP contribution in [-0.2, 0) is 17.6 Å². The topological polar surface area (TPSA) is 40.6 Å². The molecular formula is C22H25FN2O2. The molecule has 3 rings (SSSR count). The van der Waals surface area contributed by atoms with Gasteiger partial charge in [0, 0.05) is 38.2 Å². The van der Waals surface area contributed by atoms with E-state index in [9.17, 15) is 14.0 Å². The van der Waals surface area contributed by atoms with Crippen molar-refractivity contribution in [1.29, 1.82) is 0 Å². The van der Waals surface area contributed by atoms with Crippen LogP contribution in [-0.4, -0.2) is 47.8 Å². The molecule has 0 atom stereocenters. The molecule has 142 valence electrons. The molecule has 2 aromatic carbocycles. The summed E-state index contributed by atoms with van der Waals surface area (Å²) in [6, 6.07) is 14.1. The first-order chi connectivity index (χ1) is 13.1. The van der Waals surface area contributed by atoms with Crippen molar-refractivity contribution in [3.63, 3.8) is 0 Å². The first kappa shape index (κ1) is 19.1. The molecule has 2 amide bonds. The predicted octanol–water partition coefficient (Wildman–Crippen LogP) is 3.31. The molecule has 1 heterocycles. The molecule has 0 unspecified atom stereocenters. The molecule has 0 aliphatic carbocycles. The SMILES string of the molecule is CCc1ccc(C(=O)N2CCN(C(=O)CCc3cccc(F)c3)CC2)cc1. The molecule has 4 nitrogen and oxygen atoms in total. The maximum atomic E-state index is 13.2. The van der Waals surface area contributed by atoms with E-state index in [-0.39, 0.29) is 17.6 Å². The quantitative estimate of drug-likeness (QED) is 0.812. The normalized spacial score (nSPS) is 14.3. The minimum atomic E-state index is -0.279. The number of nitrogens with zero attached hydrogens (tertiary/aromatic N) is 2. The van der Waals surface area contributed by atoms with Crippen molar-refractivity contribution in [3.05, 3.63) is 71.0 Å². The van der Waals surface area contributed by atoms with Crippen LogP contribution in [0.25, 0.3) is 0 Å². The lowest BCUT2D eigenvalue weighted by atomic mass is 10.1. The standard InChI is InChI=1S/C22H25FN2O2/c1-2-17-6-9-19(10-7-17)22(27)25-14-12-24(13-15-25)21(26)11-8-18-4-3-5-20(23)16-18/h3-7,9-10,16H,2,8,11-15H2,1H3. The van der Waals surface area contributed by atoms with Crippen molar-refractivity contribution in [1.82, 2.24) is 9.80 Å². The maximum Gasteiger partial charge on any atom is 0.253 e. The summed E-state index contributed by atoms with van der Waals surface area (Å²) in [4.78, 5) is 28.6. The predicted molar refractivity (Wildman–Crippen MR) is 103 cm³/mol. The number of amides is 2. The van der Waals surface area contributed by atoms with E-state index in [1.165, 1.54) is 17.7 Å². The van der Waals surface area contributed by atoms with E-state index < -0.39 is 0 Å². The summed E-state index contributed by atoms with van der Waals surface area (Å²) in [6.45, 7) is 4.25. The molecule has 1 aliphatic heterocycles. The highest BCUT2D eigenvalue weighted by Crippen LogP contribution is 2.13. The molecule has 0 N–H and O–H groups in total. The Kier molecular flexibility index (Phi) is 6.22. The first-order valence-electron chi connectivity index (χ1n) is 9.47. The molecule has 0 bridgehead atoms. The van der Waals surface area contributed by atoms with E-state index in [1.807, 2.05) is 30.3 Å². The van der Waals surface area contributed by atoms with E-state index >= 15 is 0 Å². The van der Waals surface area contributed by atoms with Gasteiger partial charge in [0.05, 0.1) is 0 Å². The first-order valence-corrected chi connectivity index (χ1v) is 9.47. The number of rotatable bonds is 5. The van der Waals surface area contributed by atoms with Gasteiger partial charge in [-0.3, -0.25) is 9.59 Å². The largest absolute Gasteiger partial charge is 0.339 e. The zero-order chi connectivity index (χ0) is 19.2. The number of benzene rings is 2. The highest BCUT2D eigenvalue weighted by atomic mass is 19.1. The number of aryl methyl sites for hydroxylation is 2. The van der Waals surface area contributed by atoms with Crippen LogP contribution in [0.5, 0.6) is 0 Å². The Labute approximate surface area is 159 Å². The van der Waals surface area contributed by atoms with Crippen LogP contribution < -0.4 is 0 Å². The van der Waals surface area contributed by atoms with Crippen molar-refractivity contribution in [2.45, 2.75) is 26.2 Å². The molecule has 0 aromatic heterocycles. The van der Waals surface area contributed by atoms with E-state index in [0.29, 0.717) is 44.6 Å².